The quantitative estimate of drug-likeness (QED) is 0.0594. The summed E-state index contributed by atoms with van der Waals surface area (Å²) in [5.74, 6) is -0.562. The van der Waals surface area contributed by atoms with Crippen molar-refractivity contribution in [3.63, 3.8) is 0 Å². The summed E-state index contributed by atoms with van der Waals surface area (Å²) in [6.07, 6.45) is -0.268. The Morgan fingerprint density at radius 3 is 1.54 bits per heavy atom. The Morgan fingerprint density at radius 2 is 1.15 bits per heavy atom. The Labute approximate surface area is 226 Å². The molecule has 216 valence electrons. The van der Waals surface area contributed by atoms with Crippen LogP contribution in [-0.4, -0.2) is 106 Å². The van der Waals surface area contributed by atoms with Gasteiger partial charge in [0.05, 0.1) is 11.4 Å². The van der Waals surface area contributed by atoms with Crippen molar-refractivity contribution in [1.82, 2.24) is 5.32 Å². The minimum atomic E-state index is -5.58. The van der Waals surface area contributed by atoms with Crippen LogP contribution in [-0.2, 0) is 12.3 Å². The van der Waals surface area contributed by atoms with Crippen LogP contribution in [0.15, 0.2) is 58.8 Å². The van der Waals surface area contributed by atoms with E-state index in [4.69, 9.17) is 0 Å². The van der Waals surface area contributed by atoms with Crippen molar-refractivity contribution < 1.29 is 60.3 Å². The second kappa shape index (κ2) is 13.4. The van der Waals surface area contributed by atoms with Crippen LogP contribution in [0.5, 0.6) is 0 Å². The molecule has 0 heterocycles. The number of anilines is 1. The second-order valence-electron chi connectivity index (χ2n) is 8.23. The maximum absolute atomic E-state index is 12.4. The van der Waals surface area contributed by atoms with E-state index in [0.717, 1.165) is 5.69 Å². The van der Waals surface area contributed by atoms with Crippen molar-refractivity contribution in [1.29, 1.82) is 0 Å². The number of nitrogens with zero attached hydrogens (tertiary/aromatic N) is 3. The summed E-state index contributed by atoms with van der Waals surface area (Å²) < 4.78 is 13.3. The van der Waals surface area contributed by atoms with Crippen molar-refractivity contribution in [2.45, 2.75) is 12.5 Å². The van der Waals surface area contributed by atoms with E-state index < -0.39 is 47.9 Å². The van der Waals surface area contributed by atoms with Crippen LogP contribution in [0.3, 0.4) is 0 Å². The van der Waals surface area contributed by atoms with E-state index in [1.54, 1.807) is 24.3 Å². The van der Waals surface area contributed by atoms with E-state index in [2.05, 4.69) is 27.9 Å². The molecule has 2 aromatic rings. The molecular weight excluding hydrogens is 593 g/mol. The fourth-order valence-corrected chi connectivity index (χ4v) is 11.5. The zero-order chi connectivity index (χ0) is 29.5. The molecule has 21 heteroatoms. The SMILES string of the molecule is CN(C)c1ccc(N=Nc2ccc(C(=O)NCCC[Si](O[Si](O)(O)O)(O[Si](O)(O)O)O[Si](O)(O)O)cc2)cc1. The Hall–Kier alpha value is -2.30. The highest BCUT2D eigenvalue weighted by molar-refractivity contribution is 6.80. The smallest absolute Gasteiger partial charge is 0.378 e. The molecule has 0 fully saturated rings. The number of carbonyl (C=O) groups excluding carboxylic acids is 1. The van der Waals surface area contributed by atoms with Crippen LogP contribution < -0.4 is 10.2 Å². The number of hydrogen-bond acceptors (Lipinski definition) is 16. The normalized spacial score (nSPS) is 13.1. The number of hydrogen-bond donors (Lipinski definition) is 10. The van der Waals surface area contributed by atoms with E-state index in [9.17, 15) is 48.0 Å². The Kier molecular flexibility index (Phi) is 11.3. The van der Waals surface area contributed by atoms with E-state index >= 15 is 0 Å². The summed E-state index contributed by atoms with van der Waals surface area (Å²) in [7, 11) is -18.1. The van der Waals surface area contributed by atoms with Crippen molar-refractivity contribution in [2.75, 3.05) is 25.5 Å². The molecule has 0 aliphatic rings. The summed E-state index contributed by atoms with van der Waals surface area (Å²) in [5, 5.41) is 10.7. The van der Waals surface area contributed by atoms with Gasteiger partial charge in [-0.3, -0.25) is 4.79 Å². The highest BCUT2D eigenvalue weighted by Gasteiger charge is 2.60. The number of amides is 1. The van der Waals surface area contributed by atoms with Gasteiger partial charge in [0.1, 0.15) is 0 Å². The molecule has 0 radical (unpaired) electrons. The summed E-state index contributed by atoms with van der Waals surface area (Å²) in [6, 6.07) is 12.7. The van der Waals surface area contributed by atoms with Crippen LogP contribution >= 0.6 is 0 Å². The van der Waals surface area contributed by atoms with Gasteiger partial charge in [0.25, 0.3) is 5.91 Å². The van der Waals surface area contributed by atoms with Crippen molar-refractivity contribution >= 4 is 58.9 Å². The molecule has 17 nitrogen and oxygen atoms in total. The Morgan fingerprint density at radius 1 is 0.744 bits per heavy atom. The molecule has 0 saturated heterocycles. The van der Waals surface area contributed by atoms with Crippen LogP contribution in [0, 0.1) is 0 Å². The lowest BCUT2D eigenvalue weighted by Crippen LogP contribution is -2.66. The average Bonchev–Trinajstić information content (AvgIpc) is 2.77. The lowest BCUT2D eigenvalue weighted by atomic mass is 10.2. The van der Waals surface area contributed by atoms with Crippen molar-refractivity contribution in [3.05, 3.63) is 54.1 Å². The summed E-state index contributed by atoms with van der Waals surface area (Å²) in [6.45, 7) is -0.210. The fraction of sp³-hybridized carbons (Fsp3) is 0.278. The van der Waals surface area contributed by atoms with Gasteiger partial charge in [-0.2, -0.15) is 10.2 Å². The van der Waals surface area contributed by atoms with Crippen molar-refractivity contribution in [3.8, 4) is 0 Å². The zero-order valence-corrected chi connectivity index (χ0v) is 24.7. The summed E-state index contributed by atoms with van der Waals surface area (Å²) in [4.78, 5) is 97.7. The van der Waals surface area contributed by atoms with Gasteiger partial charge in [0.15, 0.2) is 0 Å². The molecule has 0 bridgehead atoms. The number of benzene rings is 2. The zero-order valence-electron chi connectivity index (χ0n) is 20.7. The lowest BCUT2D eigenvalue weighted by Gasteiger charge is -2.34. The van der Waals surface area contributed by atoms with E-state index in [-0.39, 0.29) is 18.5 Å². The first kappa shape index (κ1) is 32.9. The summed E-state index contributed by atoms with van der Waals surface area (Å²) >= 11 is 0. The highest BCUT2D eigenvalue weighted by atomic mass is 28.5. The van der Waals surface area contributed by atoms with Gasteiger partial charge in [-0.15, -0.1) is 0 Å². The van der Waals surface area contributed by atoms with Gasteiger partial charge >= 0.3 is 35.9 Å². The molecule has 0 unspecified atom stereocenters. The monoisotopic (exact) mass is 622 g/mol. The molecule has 2 rings (SSSR count). The molecule has 10 N–H and O–H groups in total. The van der Waals surface area contributed by atoms with Gasteiger partial charge in [-0.05, 0) is 55.0 Å². The molecule has 39 heavy (non-hydrogen) atoms. The first-order valence-electron chi connectivity index (χ1n) is 11.1. The molecular formula is C18H30N4O13Si4. The highest BCUT2D eigenvalue weighted by Crippen LogP contribution is 2.25. The number of azo groups is 1. The van der Waals surface area contributed by atoms with Crippen molar-refractivity contribution in [2.24, 2.45) is 10.2 Å². The van der Waals surface area contributed by atoms with E-state index in [1.807, 2.05) is 31.1 Å². The third kappa shape index (κ3) is 12.6. The molecule has 1 amide bonds. The third-order valence-electron chi connectivity index (χ3n) is 4.60. The minimum Gasteiger partial charge on any atom is -0.378 e. The van der Waals surface area contributed by atoms with Gasteiger partial charge in [-0.1, -0.05) is 0 Å². The molecule has 0 spiro atoms. The molecule has 0 aromatic heterocycles. The number of rotatable bonds is 14. The maximum Gasteiger partial charge on any atom is 0.663 e. The first-order chi connectivity index (χ1) is 17.9. The predicted molar refractivity (Wildman–Crippen MR) is 139 cm³/mol. The summed E-state index contributed by atoms with van der Waals surface area (Å²) in [5.41, 5.74) is 2.34. The van der Waals surface area contributed by atoms with Gasteiger partial charge in [0, 0.05) is 37.9 Å². The topological polar surface area (TPSA) is 267 Å². The van der Waals surface area contributed by atoms with Gasteiger partial charge in [-0.25, -0.2) is 0 Å². The second-order valence-corrected chi connectivity index (χ2v) is 16.0. The maximum atomic E-state index is 12.4. The van der Waals surface area contributed by atoms with Crippen LogP contribution in [0.1, 0.15) is 16.8 Å². The van der Waals surface area contributed by atoms with E-state index in [0.29, 0.717) is 11.4 Å². The number of nitrogens with one attached hydrogen (secondary N) is 1. The molecule has 2 aromatic carbocycles. The Bertz CT molecular complexity index is 1060. The average molecular weight is 623 g/mol. The lowest BCUT2D eigenvalue weighted by molar-refractivity contribution is 0.0250. The Balaban J connectivity index is 1.99. The molecule has 0 saturated carbocycles. The van der Waals surface area contributed by atoms with Crippen LogP contribution in [0.2, 0.25) is 6.04 Å². The molecule has 0 aliphatic carbocycles. The fourth-order valence-electron chi connectivity index (χ4n) is 3.06. The van der Waals surface area contributed by atoms with Gasteiger partial charge in [0.2, 0.25) is 0 Å². The number of carbonyl (C=O) groups is 1. The van der Waals surface area contributed by atoms with Gasteiger partial charge < -0.3 is 65.7 Å². The van der Waals surface area contributed by atoms with Crippen LogP contribution in [0.25, 0.3) is 0 Å². The molecule has 0 atom stereocenters. The third-order valence-corrected chi connectivity index (χ3v) is 12.6. The standard InChI is InChI=1S/C18H30N4O13Si4/c1-22(2)17-10-8-16(9-11-17)21-20-15-6-4-14(5-7-15)18(23)19-12-3-13-36(33-37(24,25)26,34-38(27,28)29)35-39(30,31)32/h4-11,24-32H,3,12-13H2,1-2H3,(H,19,23). The van der Waals surface area contributed by atoms with Crippen LogP contribution in [0.4, 0.5) is 17.1 Å². The molecule has 0 aliphatic heterocycles. The largest absolute Gasteiger partial charge is 0.663 e. The predicted octanol–water partition coefficient (Wildman–Crippen LogP) is -2.49. The van der Waals surface area contributed by atoms with E-state index in [1.165, 1.54) is 12.1 Å². The minimum absolute atomic E-state index is 0.210. The first-order valence-corrected chi connectivity index (χ1v) is 18.2.